The van der Waals surface area contributed by atoms with E-state index in [1.807, 2.05) is 13.2 Å². The van der Waals surface area contributed by atoms with E-state index in [-0.39, 0.29) is 5.69 Å². The molecule has 0 N–H and O–H groups in total. The van der Waals surface area contributed by atoms with Gasteiger partial charge in [-0.25, -0.2) is 9.48 Å². The molecule has 0 aliphatic heterocycles. The smallest absolute Gasteiger partial charge is 0.360 e. The molecule has 0 aromatic carbocycles. The number of methoxy groups -OCH3 is 1. The molecule has 0 unspecified atom stereocenters. The summed E-state index contributed by atoms with van der Waals surface area (Å²) in [6, 6.07) is 0. The van der Waals surface area contributed by atoms with Gasteiger partial charge in [0.2, 0.25) is 0 Å². The number of ether oxygens (including phenoxy) is 1. The van der Waals surface area contributed by atoms with Crippen LogP contribution in [0.4, 0.5) is 0 Å². The first-order chi connectivity index (χ1) is 10.2. The molecular weight excluding hydrogens is 270 g/mol. The van der Waals surface area contributed by atoms with Gasteiger partial charge in [-0.05, 0) is 6.42 Å². The number of carbonyl (C=O) groups is 1. The topological polar surface area (TPSA) is 74.8 Å². The fraction of sp³-hybridized carbons (Fsp3) is 0.571. The van der Waals surface area contributed by atoms with Crippen molar-refractivity contribution in [3.63, 3.8) is 0 Å². The van der Waals surface area contributed by atoms with Gasteiger partial charge in [-0.15, -0.1) is 5.10 Å². The van der Waals surface area contributed by atoms with E-state index < -0.39 is 5.97 Å². The number of nitrogens with zero attached hydrogens (tertiary/aromatic N) is 5. The van der Waals surface area contributed by atoms with Crippen LogP contribution in [0.2, 0.25) is 0 Å². The average molecular weight is 291 g/mol. The second-order valence-electron chi connectivity index (χ2n) is 4.96. The molecule has 2 rings (SSSR count). The van der Waals surface area contributed by atoms with Gasteiger partial charge in [-0.2, -0.15) is 5.10 Å². The summed E-state index contributed by atoms with van der Waals surface area (Å²) in [5, 5.41) is 12.2. The number of carbonyl (C=O) groups excluding carboxylic acids is 1. The molecule has 2 aromatic rings. The number of hydrogen-bond donors (Lipinski definition) is 0. The predicted molar refractivity (Wildman–Crippen MR) is 77.7 cm³/mol. The maximum atomic E-state index is 11.8. The molecule has 0 bridgehead atoms. The maximum Gasteiger partial charge on any atom is 0.360 e. The van der Waals surface area contributed by atoms with E-state index in [4.69, 9.17) is 4.74 Å². The molecule has 21 heavy (non-hydrogen) atoms. The number of rotatable bonds is 7. The first-order valence-corrected chi connectivity index (χ1v) is 7.18. The first kappa shape index (κ1) is 15.2. The Bertz CT molecular complexity index is 602. The molecule has 0 aliphatic carbocycles. The third-order valence-electron chi connectivity index (χ3n) is 3.32. The molecule has 2 aromatic heterocycles. The van der Waals surface area contributed by atoms with Gasteiger partial charge in [0.05, 0.1) is 13.3 Å². The van der Waals surface area contributed by atoms with Crippen molar-refractivity contribution in [2.24, 2.45) is 7.05 Å². The Balaban J connectivity index is 2.28. The second kappa shape index (κ2) is 7.01. The number of unbranched alkanes of at least 4 members (excludes halogenated alkanes) is 3. The molecular formula is C14H21N5O2. The van der Waals surface area contributed by atoms with Gasteiger partial charge in [0.1, 0.15) is 5.69 Å². The van der Waals surface area contributed by atoms with Gasteiger partial charge < -0.3 is 4.74 Å². The lowest BCUT2D eigenvalue weighted by molar-refractivity contribution is 0.0595. The lowest BCUT2D eigenvalue weighted by atomic mass is 10.2. The highest BCUT2D eigenvalue weighted by Crippen LogP contribution is 2.22. The molecule has 0 saturated carbocycles. The van der Waals surface area contributed by atoms with Crippen LogP contribution in [-0.4, -0.2) is 37.9 Å². The van der Waals surface area contributed by atoms with E-state index in [2.05, 4.69) is 22.3 Å². The molecule has 7 nitrogen and oxygen atoms in total. The SMILES string of the molecule is CCCCCCn1nnc(C(=O)OC)c1-c1cnn(C)c1. The molecule has 0 aliphatic rings. The lowest BCUT2D eigenvalue weighted by Gasteiger charge is -2.05. The van der Waals surface area contributed by atoms with Crippen molar-refractivity contribution in [1.29, 1.82) is 0 Å². The summed E-state index contributed by atoms with van der Waals surface area (Å²) in [4.78, 5) is 11.8. The molecule has 0 fully saturated rings. The van der Waals surface area contributed by atoms with Gasteiger partial charge in [0.25, 0.3) is 0 Å². The van der Waals surface area contributed by atoms with Crippen molar-refractivity contribution < 1.29 is 9.53 Å². The summed E-state index contributed by atoms with van der Waals surface area (Å²) < 4.78 is 8.23. The Morgan fingerprint density at radius 2 is 2.14 bits per heavy atom. The summed E-state index contributed by atoms with van der Waals surface area (Å²) in [7, 11) is 3.17. The van der Waals surface area contributed by atoms with Crippen LogP contribution in [0.25, 0.3) is 11.3 Å². The van der Waals surface area contributed by atoms with Crippen LogP contribution >= 0.6 is 0 Å². The Morgan fingerprint density at radius 3 is 2.76 bits per heavy atom. The van der Waals surface area contributed by atoms with Gasteiger partial charge in [0.15, 0.2) is 5.69 Å². The summed E-state index contributed by atoms with van der Waals surface area (Å²) in [6.07, 6.45) is 8.06. The third-order valence-corrected chi connectivity index (χ3v) is 3.32. The van der Waals surface area contributed by atoms with Gasteiger partial charge in [0, 0.05) is 25.4 Å². The van der Waals surface area contributed by atoms with Crippen molar-refractivity contribution in [3.05, 3.63) is 18.1 Å². The summed E-state index contributed by atoms with van der Waals surface area (Å²) in [5.74, 6) is -0.478. The van der Waals surface area contributed by atoms with Gasteiger partial charge in [-0.1, -0.05) is 31.4 Å². The molecule has 0 spiro atoms. The van der Waals surface area contributed by atoms with E-state index in [1.165, 1.54) is 20.0 Å². The van der Waals surface area contributed by atoms with Crippen molar-refractivity contribution in [2.75, 3.05) is 7.11 Å². The van der Waals surface area contributed by atoms with Crippen LogP contribution in [0.5, 0.6) is 0 Å². The lowest BCUT2D eigenvalue weighted by Crippen LogP contribution is -2.06. The minimum Gasteiger partial charge on any atom is -0.464 e. The number of esters is 1. The quantitative estimate of drug-likeness (QED) is 0.576. The van der Waals surface area contributed by atoms with Crippen LogP contribution in [0.15, 0.2) is 12.4 Å². The van der Waals surface area contributed by atoms with E-state index >= 15 is 0 Å². The summed E-state index contributed by atoms with van der Waals surface area (Å²) in [6.45, 7) is 2.90. The van der Waals surface area contributed by atoms with Crippen molar-refractivity contribution >= 4 is 5.97 Å². The van der Waals surface area contributed by atoms with E-state index in [1.54, 1.807) is 15.6 Å². The van der Waals surface area contributed by atoms with E-state index in [0.717, 1.165) is 24.9 Å². The molecule has 0 radical (unpaired) electrons. The fourth-order valence-corrected chi connectivity index (χ4v) is 2.22. The zero-order valence-electron chi connectivity index (χ0n) is 12.7. The maximum absolute atomic E-state index is 11.8. The minimum absolute atomic E-state index is 0.237. The number of aryl methyl sites for hydroxylation is 2. The normalized spacial score (nSPS) is 10.8. The van der Waals surface area contributed by atoms with Gasteiger partial charge in [-0.3, -0.25) is 4.68 Å². The molecule has 114 valence electrons. The average Bonchev–Trinajstić information content (AvgIpc) is 3.08. The monoisotopic (exact) mass is 291 g/mol. The zero-order chi connectivity index (χ0) is 15.2. The first-order valence-electron chi connectivity index (χ1n) is 7.18. The molecule has 0 amide bonds. The summed E-state index contributed by atoms with van der Waals surface area (Å²) in [5.41, 5.74) is 1.73. The number of hydrogen-bond acceptors (Lipinski definition) is 5. The molecule has 0 saturated heterocycles. The number of aromatic nitrogens is 5. The van der Waals surface area contributed by atoms with Gasteiger partial charge >= 0.3 is 5.97 Å². The standard InChI is InChI=1S/C14H21N5O2/c1-4-5-6-7-8-19-13(11-9-15-18(2)10-11)12(16-17-19)14(20)21-3/h9-10H,4-8H2,1-3H3. The van der Waals surface area contributed by atoms with Crippen LogP contribution in [0.1, 0.15) is 43.1 Å². The highest BCUT2D eigenvalue weighted by Gasteiger charge is 2.22. The highest BCUT2D eigenvalue weighted by atomic mass is 16.5. The third kappa shape index (κ3) is 3.48. The Morgan fingerprint density at radius 1 is 1.33 bits per heavy atom. The predicted octanol–water partition coefficient (Wildman–Crippen LogP) is 2.05. The molecule has 7 heteroatoms. The van der Waals surface area contributed by atoms with Crippen LogP contribution in [0.3, 0.4) is 0 Å². The van der Waals surface area contributed by atoms with Crippen molar-refractivity contribution in [3.8, 4) is 11.3 Å². The van der Waals surface area contributed by atoms with Crippen LogP contribution in [-0.2, 0) is 18.3 Å². The molecule has 0 atom stereocenters. The van der Waals surface area contributed by atoms with Crippen LogP contribution in [0, 0.1) is 0 Å². The highest BCUT2D eigenvalue weighted by molar-refractivity contribution is 5.93. The Kier molecular flexibility index (Phi) is 5.08. The summed E-state index contributed by atoms with van der Waals surface area (Å²) >= 11 is 0. The van der Waals surface area contributed by atoms with E-state index in [9.17, 15) is 4.79 Å². The Hall–Kier alpha value is -2.18. The van der Waals surface area contributed by atoms with E-state index in [0.29, 0.717) is 5.69 Å². The second-order valence-corrected chi connectivity index (χ2v) is 4.96. The van der Waals surface area contributed by atoms with Crippen molar-refractivity contribution in [1.82, 2.24) is 24.8 Å². The zero-order valence-corrected chi connectivity index (χ0v) is 12.7. The van der Waals surface area contributed by atoms with Crippen LogP contribution < -0.4 is 0 Å². The minimum atomic E-state index is -0.478. The fourth-order valence-electron chi connectivity index (χ4n) is 2.22. The molecule has 2 heterocycles. The largest absolute Gasteiger partial charge is 0.464 e. The Labute approximate surface area is 123 Å². The van der Waals surface area contributed by atoms with Crippen molar-refractivity contribution in [2.45, 2.75) is 39.2 Å².